The predicted octanol–water partition coefficient (Wildman–Crippen LogP) is 7.89. The van der Waals surface area contributed by atoms with Crippen LogP contribution in [0, 0.1) is 0 Å². The molecule has 0 amide bonds. The lowest BCUT2D eigenvalue weighted by Gasteiger charge is -2.21. The van der Waals surface area contributed by atoms with E-state index in [1.807, 2.05) is 12.1 Å². The molecule has 1 nitrogen and oxygen atoms in total. The topological polar surface area (TPSA) is 9.23 Å². The quantitative estimate of drug-likeness (QED) is 0.355. The highest BCUT2D eigenvalue weighted by Crippen LogP contribution is 2.52. The van der Waals surface area contributed by atoms with Gasteiger partial charge < -0.3 is 4.74 Å². The first-order valence-electron chi connectivity index (χ1n) is 7.39. The van der Waals surface area contributed by atoms with Gasteiger partial charge in [-0.3, -0.25) is 0 Å². The SMILES string of the molecule is ClC(Cl)(Cl)SSSc1ccc(OC2CCCCCCC2)cc1. The molecule has 22 heavy (non-hydrogen) atoms. The van der Waals surface area contributed by atoms with E-state index in [-0.39, 0.29) is 0 Å². The first kappa shape index (κ1) is 19.3. The molecule has 1 aliphatic rings. The molecule has 1 aliphatic carbocycles. The van der Waals surface area contributed by atoms with Gasteiger partial charge in [0.2, 0.25) is 3.12 Å². The minimum Gasteiger partial charge on any atom is -0.490 e. The fourth-order valence-electron chi connectivity index (χ4n) is 2.40. The summed E-state index contributed by atoms with van der Waals surface area (Å²) in [6, 6.07) is 8.16. The molecular formula is C15H19Cl3OS3. The number of halogens is 3. The molecule has 0 spiro atoms. The Morgan fingerprint density at radius 1 is 0.909 bits per heavy atom. The van der Waals surface area contributed by atoms with Crippen molar-refractivity contribution in [3.63, 3.8) is 0 Å². The molecule has 0 saturated heterocycles. The number of benzene rings is 1. The molecule has 2 rings (SSSR count). The maximum Gasteiger partial charge on any atom is 0.248 e. The summed E-state index contributed by atoms with van der Waals surface area (Å²) < 4.78 is 4.84. The summed E-state index contributed by atoms with van der Waals surface area (Å²) in [6.45, 7) is 0. The summed E-state index contributed by atoms with van der Waals surface area (Å²) in [7, 11) is 4.25. The van der Waals surface area contributed by atoms with Gasteiger partial charge in [-0.25, -0.2) is 0 Å². The molecule has 7 heteroatoms. The van der Waals surface area contributed by atoms with Gasteiger partial charge in [-0.15, -0.1) is 0 Å². The molecule has 1 saturated carbocycles. The molecule has 0 aliphatic heterocycles. The Balaban J connectivity index is 1.78. The van der Waals surface area contributed by atoms with E-state index < -0.39 is 3.12 Å². The fraction of sp³-hybridized carbons (Fsp3) is 0.600. The van der Waals surface area contributed by atoms with Gasteiger partial charge in [0.1, 0.15) is 5.75 Å². The molecule has 1 aromatic carbocycles. The summed E-state index contributed by atoms with van der Waals surface area (Å²) in [6.07, 6.45) is 9.34. The summed E-state index contributed by atoms with van der Waals surface area (Å²) in [5.41, 5.74) is 0. The van der Waals surface area contributed by atoms with E-state index in [0.29, 0.717) is 6.10 Å². The summed E-state index contributed by atoms with van der Waals surface area (Å²) >= 11 is 17.1. The largest absolute Gasteiger partial charge is 0.490 e. The zero-order valence-electron chi connectivity index (χ0n) is 12.1. The third-order valence-electron chi connectivity index (χ3n) is 3.44. The number of ether oxygens (including phenoxy) is 1. The van der Waals surface area contributed by atoms with Crippen molar-refractivity contribution >= 4 is 66.2 Å². The highest BCUT2D eigenvalue weighted by molar-refractivity contribution is 9.10. The second-order valence-electron chi connectivity index (χ2n) is 5.24. The van der Waals surface area contributed by atoms with Crippen LogP contribution in [0.15, 0.2) is 29.2 Å². The van der Waals surface area contributed by atoms with Crippen LogP contribution < -0.4 is 4.74 Å². The van der Waals surface area contributed by atoms with Crippen molar-refractivity contribution in [3.8, 4) is 5.75 Å². The molecule has 1 aromatic rings. The smallest absolute Gasteiger partial charge is 0.248 e. The summed E-state index contributed by atoms with van der Waals surface area (Å²) in [5.74, 6) is 0.953. The van der Waals surface area contributed by atoms with Crippen molar-refractivity contribution < 1.29 is 4.74 Å². The number of hydrogen-bond acceptors (Lipinski definition) is 4. The first-order valence-corrected chi connectivity index (χ1v) is 12.0. The third kappa shape index (κ3) is 8.16. The van der Waals surface area contributed by atoms with Crippen molar-refractivity contribution in [2.45, 2.75) is 59.1 Å². The standard InChI is InChI=1S/C15H19Cl3OS3/c16-15(17,18)21-22-20-14-10-8-13(9-11-14)19-12-6-4-2-1-3-5-7-12/h8-12H,1-7H2. The minimum absolute atomic E-state index is 0.369. The van der Waals surface area contributed by atoms with E-state index in [1.165, 1.54) is 65.6 Å². The second-order valence-corrected chi connectivity index (χ2v) is 12.4. The van der Waals surface area contributed by atoms with Crippen LogP contribution in [0.4, 0.5) is 0 Å². The number of alkyl halides is 3. The molecule has 1 fully saturated rings. The van der Waals surface area contributed by atoms with E-state index in [1.54, 1.807) is 10.8 Å². The Bertz CT molecular complexity index is 429. The van der Waals surface area contributed by atoms with Crippen LogP contribution in [0.5, 0.6) is 5.75 Å². The van der Waals surface area contributed by atoms with E-state index >= 15 is 0 Å². The van der Waals surface area contributed by atoms with Crippen LogP contribution in [0.1, 0.15) is 44.9 Å². The minimum atomic E-state index is -1.28. The molecule has 124 valence electrons. The lowest BCUT2D eigenvalue weighted by Crippen LogP contribution is -2.17. The average molecular weight is 418 g/mol. The van der Waals surface area contributed by atoms with Crippen LogP contribution in [-0.4, -0.2) is 9.23 Å². The van der Waals surface area contributed by atoms with Crippen molar-refractivity contribution in [2.24, 2.45) is 0 Å². The van der Waals surface area contributed by atoms with E-state index in [9.17, 15) is 0 Å². The summed E-state index contributed by atoms with van der Waals surface area (Å²) in [4.78, 5) is 1.12. The van der Waals surface area contributed by atoms with E-state index in [0.717, 1.165) is 10.6 Å². The highest BCUT2D eigenvalue weighted by Gasteiger charge is 2.21. The van der Waals surface area contributed by atoms with E-state index in [2.05, 4.69) is 12.1 Å². The average Bonchev–Trinajstić information content (AvgIpc) is 2.42. The van der Waals surface area contributed by atoms with Crippen LogP contribution in [-0.2, 0) is 0 Å². The Morgan fingerprint density at radius 3 is 2.09 bits per heavy atom. The molecule has 0 N–H and O–H groups in total. The Kier molecular flexibility index (Phi) is 8.80. The van der Waals surface area contributed by atoms with Gasteiger partial charge in [0.05, 0.1) is 6.10 Å². The van der Waals surface area contributed by atoms with Crippen molar-refractivity contribution in [2.75, 3.05) is 0 Å². The zero-order valence-corrected chi connectivity index (χ0v) is 16.8. The van der Waals surface area contributed by atoms with E-state index in [4.69, 9.17) is 39.5 Å². The molecular weight excluding hydrogens is 399 g/mol. The Morgan fingerprint density at radius 2 is 1.50 bits per heavy atom. The molecule has 0 bridgehead atoms. The van der Waals surface area contributed by atoms with Gasteiger partial charge in [-0.05, 0) is 81.4 Å². The van der Waals surface area contributed by atoms with Crippen LogP contribution >= 0.6 is 66.2 Å². The lowest BCUT2D eigenvalue weighted by atomic mass is 9.98. The van der Waals surface area contributed by atoms with Gasteiger partial charge in [-0.2, -0.15) is 0 Å². The predicted molar refractivity (Wildman–Crippen MR) is 105 cm³/mol. The van der Waals surface area contributed by atoms with Gasteiger partial charge >= 0.3 is 0 Å². The number of hydrogen-bond donors (Lipinski definition) is 0. The molecule has 0 aromatic heterocycles. The summed E-state index contributed by atoms with van der Waals surface area (Å²) in [5, 5.41) is 0. The number of rotatable bonds is 5. The maximum atomic E-state index is 6.12. The molecule has 0 atom stereocenters. The fourth-order valence-corrected chi connectivity index (χ4v) is 7.53. The van der Waals surface area contributed by atoms with Crippen LogP contribution in [0.25, 0.3) is 0 Å². The third-order valence-corrected chi connectivity index (χ3v) is 8.71. The Hall–Kier alpha value is 0.940. The normalized spacial score (nSPS) is 17.8. The zero-order chi connectivity index (χ0) is 15.8. The van der Waals surface area contributed by atoms with Crippen molar-refractivity contribution in [3.05, 3.63) is 24.3 Å². The highest BCUT2D eigenvalue weighted by atomic mass is 35.6. The maximum absolute atomic E-state index is 6.12. The van der Waals surface area contributed by atoms with Gasteiger partial charge in [0, 0.05) is 4.90 Å². The Labute approximate surface area is 159 Å². The van der Waals surface area contributed by atoms with Gasteiger partial charge in [0.15, 0.2) is 0 Å². The van der Waals surface area contributed by atoms with Crippen molar-refractivity contribution in [1.29, 1.82) is 0 Å². The first-order chi connectivity index (χ1) is 10.5. The molecule has 0 heterocycles. The molecule has 0 radical (unpaired) electrons. The van der Waals surface area contributed by atoms with Gasteiger partial charge in [-0.1, -0.05) is 54.1 Å². The van der Waals surface area contributed by atoms with Crippen LogP contribution in [0.3, 0.4) is 0 Å². The lowest BCUT2D eigenvalue weighted by molar-refractivity contribution is 0.166. The second kappa shape index (κ2) is 10.0. The van der Waals surface area contributed by atoms with Gasteiger partial charge in [0.25, 0.3) is 0 Å². The van der Waals surface area contributed by atoms with Crippen LogP contribution in [0.2, 0.25) is 0 Å². The molecule has 0 unspecified atom stereocenters. The van der Waals surface area contributed by atoms with Crippen molar-refractivity contribution in [1.82, 2.24) is 0 Å². The monoisotopic (exact) mass is 416 g/mol.